The van der Waals surface area contributed by atoms with Crippen molar-refractivity contribution < 1.29 is 9.59 Å². The lowest BCUT2D eigenvalue weighted by Gasteiger charge is -2.23. The minimum absolute atomic E-state index is 0.0685. The van der Waals surface area contributed by atoms with E-state index in [1.165, 1.54) is 0 Å². The maximum absolute atomic E-state index is 11.5. The number of carbonyl (C=O) groups is 2. The molecule has 2 rings (SSSR count). The molecule has 0 spiro atoms. The van der Waals surface area contributed by atoms with E-state index < -0.39 is 0 Å². The van der Waals surface area contributed by atoms with E-state index in [0.717, 1.165) is 25.0 Å². The Kier molecular flexibility index (Phi) is 5.36. The molecule has 2 saturated heterocycles. The minimum atomic E-state index is -0.127. The summed E-state index contributed by atoms with van der Waals surface area (Å²) >= 11 is 1.89. The van der Waals surface area contributed by atoms with Gasteiger partial charge < -0.3 is 10.6 Å². The van der Waals surface area contributed by atoms with Crippen LogP contribution in [0.4, 0.5) is 4.79 Å². The molecule has 0 bridgehead atoms. The molecule has 2 N–H and O–H groups in total. The van der Waals surface area contributed by atoms with Gasteiger partial charge in [-0.15, -0.1) is 0 Å². The third kappa shape index (κ3) is 4.04. The van der Waals surface area contributed by atoms with Gasteiger partial charge in [0, 0.05) is 35.3 Å². The van der Waals surface area contributed by atoms with Crippen LogP contribution in [0.5, 0.6) is 0 Å². The standard InChI is InChI=1S/C13H21N5O2S/c1-13-8-21-10(11(13)16-12(20)17-13)5-3-2-4-9(19)6-7-15-18-14/h10-11H,2-8H2,1H3,(H2,16,17,20)/t10-,11+,13-/m0/s1. The van der Waals surface area contributed by atoms with E-state index in [4.69, 9.17) is 5.53 Å². The largest absolute Gasteiger partial charge is 0.332 e. The number of thioether (sulfide) groups is 1. The van der Waals surface area contributed by atoms with Gasteiger partial charge >= 0.3 is 6.03 Å². The lowest BCUT2D eigenvalue weighted by molar-refractivity contribution is -0.119. The normalized spacial score (nSPS) is 30.2. The highest BCUT2D eigenvalue weighted by Crippen LogP contribution is 2.39. The molecule has 0 aromatic carbocycles. The van der Waals surface area contributed by atoms with Crippen LogP contribution in [0, 0.1) is 0 Å². The third-order valence-corrected chi connectivity index (χ3v) is 5.79. The molecular formula is C13H21N5O2S. The summed E-state index contributed by atoms with van der Waals surface area (Å²) in [6.45, 7) is 2.34. The highest BCUT2D eigenvalue weighted by Gasteiger charge is 2.51. The van der Waals surface area contributed by atoms with Crippen molar-refractivity contribution in [3.05, 3.63) is 10.4 Å². The SMILES string of the molecule is C[C@]12CS[C@@H](CCCCC(=O)CCN=[N+]=[N-])[C@H]1NC(=O)N2. The van der Waals surface area contributed by atoms with Crippen LogP contribution in [-0.4, -0.2) is 40.9 Å². The Morgan fingerprint density at radius 3 is 3.10 bits per heavy atom. The monoisotopic (exact) mass is 311 g/mol. The van der Waals surface area contributed by atoms with Crippen molar-refractivity contribution in [1.82, 2.24) is 10.6 Å². The second kappa shape index (κ2) is 7.04. The van der Waals surface area contributed by atoms with Gasteiger partial charge in [-0.1, -0.05) is 11.5 Å². The van der Waals surface area contributed by atoms with Gasteiger partial charge in [0.05, 0.1) is 11.6 Å². The molecule has 0 saturated carbocycles. The number of Topliss-reactive ketones (excluding diaryl/α,β-unsaturated/α-hetero) is 1. The zero-order chi connectivity index (χ0) is 15.3. The van der Waals surface area contributed by atoms with Crippen LogP contribution in [0.15, 0.2) is 5.11 Å². The van der Waals surface area contributed by atoms with E-state index in [-0.39, 0.29) is 29.9 Å². The summed E-state index contributed by atoms with van der Waals surface area (Å²) in [5, 5.41) is 9.79. The van der Waals surface area contributed by atoms with Crippen molar-refractivity contribution in [2.24, 2.45) is 5.11 Å². The number of azide groups is 1. The molecule has 7 nitrogen and oxygen atoms in total. The molecule has 2 heterocycles. The van der Waals surface area contributed by atoms with E-state index in [0.29, 0.717) is 18.1 Å². The topological polar surface area (TPSA) is 107 Å². The summed E-state index contributed by atoms with van der Waals surface area (Å²) in [4.78, 5) is 25.6. The van der Waals surface area contributed by atoms with Crippen LogP contribution < -0.4 is 10.6 Å². The first kappa shape index (κ1) is 16.0. The fourth-order valence-corrected chi connectivity index (χ4v) is 4.65. The number of fused-ring (bicyclic) bond motifs is 1. The summed E-state index contributed by atoms with van der Waals surface area (Å²) in [6, 6.07) is 0.122. The molecule has 3 atom stereocenters. The lowest BCUT2D eigenvalue weighted by Crippen LogP contribution is -2.47. The molecule has 2 aliphatic heterocycles. The van der Waals surface area contributed by atoms with Crippen molar-refractivity contribution in [2.75, 3.05) is 12.3 Å². The van der Waals surface area contributed by atoms with Gasteiger partial charge in [0.25, 0.3) is 0 Å². The molecule has 0 radical (unpaired) electrons. The molecule has 0 unspecified atom stereocenters. The number of ketones is 1. The molecular weight excluding hydrogens is 290 g/mol. The summed E-state index contributed by atoms with van der Waals surface area (Å²) < 4.78 is 0. The van der Waals surface area contributed by atoms with Gasteiger partial charge in [0.2, 0.25) is 0 Å². The Labute approximate surface area is 128 Å². The number of amides is 2. The van der Waals surface area contributed by atoms with Crippen LogP contribution in [0.2, 0.25) is 0 Å². The summed E-state index contributed by atoms with van der Waals surface area (Å²) in [6.07, 6.45) is 3.73. The fraction of sp³-hybridized carbons (Fsp3) is 0.846. The molecule has 0 aromatic rings. The number of hydrogen-bond donors (Lipinski definition) is 2. The predicted molar refractivity (Wildman–Crippen MR) is 82.2 cm³/mol. The lowest BCUT2D eigenvalue weighted by atomic mass is 9.92. The second-order valence-corrected chi connectivity index (χ2v) is 7.06. The molecule has 21 heavy (non-hydrogen) atoms. The number of nitrogens with zero attached hydrogens (tertiary/aromatic N) is 3. The zero-order valence-electron chi connectivity index (χ0n) is 12.2. The molecule has 0 aliphatic carbocycles. The molecule has 2 fully saturated rings. The van der Waals surface area contributed by atoms with Crippen LogP contribution >= 0.6 is 11.8 Å². The van der Waals surface area contributed by atoms with Crippen molar-refractivity contribution in [3.63, 3.8) is 0 Å². The van der Waals surface area contributed by atoms with Crippen molar-refractivity contribution in [3.8, 4) is 0 Å². The summed E-state index contributed by atoms with van der Waals surface area (Å²) in [5.74, 6) is 1.09. The van der Waals surface area contributed by atoms with Gasteiger partial charge in [0.1, 0.15) is 5.78 Å². The molecule has 8 heteroatoms. The van der Waals surface area contributed by atoms with E-state index in [2.05, 4.69) is 27.6 Å². The van der Waals surface area contributed by atoms with Gasteiger partial charge in [-0.3, -0.25) is 4.79 Å². The number of nitrogens with one attached hydrogen (secondary N) is 2. The van der Waals surface area contributed by atoms with Crippen molar-refractivity contribution in [1.29, 1.82) is 0 Å². The Bertz CT molecular complexity index is 465. The van der Waals surface area contributed by atoms with Crippen LogP contribution in [0.25, 0.3) is 10.4 Å². The Hall–Kier alpha value is -1.40. The number of hydrogen-bond acceptors (Lipinski definition) is 4. The van der Waals surface area contributed by atoms with Gasteiger partial charge in [-0.05, 0) is 25.3 Å². The highest BCUT2D eigenvalue weighted by atomic mass is 32.2. The van der Waals surface area contributed by atoms with E-state index >= 15 is 0 Å². The molecule has 116 valence electrons. The van der Waals surface area contributed by atoms with Crippen molar-refractivity contribution >= 4 is 23.6 Å². The Balaban J connectivity index is 1.64. The van der Waals surface area contributed by atoms with Gasteiger partial charge in [-0.2, -0.15) is 11.8 Å². The first-order valence-electron chi connectivity index (χ1n) is 7.28. The second-order valence-electron chi connectivity index (χ2n) is 5.83. The number of unbranched alkanes of at least 4 members (excludes halogenated alkanes) is 1. The zero-order valence-corrected chi connectivity index (χ0v) is 13.0. The molecule has 2 aliphatic rings. The van der Waals surface area contributed by atoms with Crippen LogP contribution in [0.1, 0.15) is 39.0 Å². The Morgan fingerprint density at radius 2 is 2.33 bits per heavy atom. The quantitative estimate of drug-likeness (QED) is 0.236. The minimum Gasteiger partial charge on any atom is -0.332 e. The van der Waals surface area contributed by atoms with Crippen LogP contribution in [-0.2, 0) is 4.79 Å². The van der Waals surface area contributed by atoms with E-state index in [9.17, 15) is 9.59 Å². The van der Waals surface area contributed by atoms with E-state index in [1.807, 2.05) is 11.8 Å². The molecule has 0 aromatic heterocycles. The highest BCUT2D eigenvalue weighted by molar-refractivity contribution is 8.00. The molecule has 2 amide bonds. The van der Waals surface area contributed by atoms with Gasteiger partial charge in [-0.25, -0.2) is 4.79 Å². The van der Waals surface area contributed by atoms with Crippen LogP contribution in [0.3, 0.4) is 0 Å². The first-order valence-corrected chi connectivity index (χ1v) is 8.33. The number of urea groups is 1. The summed E-state index contributed by atoms with van der Waals surface area (Å²) in [7, 11) is 0. The predicted octanol–water partition coefficient (Wildman–Crippen LogP) is 2.37. The average Bonchev–Trinajstić information content (AvgIpc) is 2.88. The van der Waals surface area contributed by atoms with Crippen molar-refractivity contribution in [2.45, 2.75) is 55.9 Å². The smallest absolute Gasteiger partial charge is 0.315 e. The average molecular weight is 311 g/mol. The number of rotatable bonds is 8. The number of carbonyl (C=O) groups excluding carboxylic acids is 2. The first-order chi connectivity index (χ1) is 10.0. The Morgan fingerprint density at radius 1 is 1.52 bits per heavy atom. The maximum Gasteiger partial charge on any atom is 0.315 e. The van der Waals surface area contributed by atoms with E-state index in [1.54, 1.807) is 0 Å². The van der Waals surface area contributed by atoms with Gasteiger partial charge in [0.15, 0.2) is 0 Å². The maximum atomic E-state index is 11.5. The fourth-order valence-electron chi connectivity index (χ4n) is 2.94. The summed E-state index contributed by atoms with van der Waals surface area (Å²) in [5.41, 5.74) is 8.01. The third-order valence-electron chi connectivity index (χ3n) is 4.09.